The lowest BCUT2D eigenvalue weighted by Crippen LogP contribution is -2.59. The second kappa shape index (κ2) is 28.0. The van der Waals surface area contributed by atoms with E-state index in [2.05, 4.69) is 62.8 Å². The Labute approximate surface area is 465 Å². The standard InChI is InChI=1S/C63H63N5O10P2/c69-59(44-48-33-36-49-24-16-17-25-50(49)40-48)65-56(41-45-20-6-1-7-21-45)60(70)67-57(42-46-22-8-2-9-23-46)62(72)68-58(43-47-34-37-51(38-35-47)78-80(75,76)77)61(71)66-55(63(73)74)32-18-19-39-64-79(52-26-10-3-11-27-52,53-28-12-4-13-29-53)54-30-14-5-15-31-54/h1-17,20-31,33-38,40,55-58,64H,18-19,32,39,41-44H2,(H6-,65,66,67,68,69,70,71,72,73,74,75,76,77)/p+1/t55-,56-,57-,58-/m1/s1. The van der Waals surface area contributed by atoms with Gasteiger partial charge in [0.15, 0.2) is 7.41 Å². The highest BCUT2D eigenvalue weighted by Gasteiger charge is 2.45. The molecule has 80 heavy (non-hydrogen) atoms. The van der Waals surface area contributed by atoms with Crippen LogP contribution in [0.2, 0.25) is 0 Å². The maximum atomic E-state index is 14.8. The normalized spacial score (nSPS) is 13.0. The second-order valence-corrected chi connectivity index (χ2v) is 23.8. The molecule has 0 saturated carbocycles. The molecule has 0 aromatic heterocycles. The third kappa shape index (κ3) is 16.4. The molecular weight excluding hydrogens is 1050 g/mol. The van der Waals surface area contributed by atoms with Crippen LogP contribution in [0.1, 0.15) is 41.5 Å². The van der Waals surface area contributed by atoms with Crippen molar-refractivity contribution in [3.63, 3.8) is 0 Å². The van der Waals surface area contributed by atoms with E-state index in [0.29, 0.717) is 30.5 Å². The highest BCUT2D eigenvalue weighted by atomic mass is 31.2. The first kappa shape index (κ1) is 57.9. The topological polar surface area (TPSA) is 232 Å². The molecule has 0 bridgehead atoms. The van der Waals surface area contributed by atoms with E-state index in [9.17, 15) is 43.4 Å². The van der Waals surface area contributed by atoms with Crippen LogP contribution in [0.25, 0.3) is 10.8 Å². The molecule has 0 unspecified atom stereocenters. The number of carboxylic acid groups (broad SMARTS) is 1. The predicted molar refractivity (Wildman–Crippen MR) is 313 cm³/mol. The molecule has 0 saturated heterocycles. The van der Waals surface area contributed by atoms with E-state index < -0.39 is 69.0 Å². The number of unbranched alkanes of at least 4 members (excludes halogenated alkanes) is 1. The van der Waals surface area contributed by atoms with Gasteiger partial charge in [-0.25, -0.2) is 9.36 Å². The lowest BCUT2D eigenvalue weighted by atomic mass is 10.0. The van der Waals surface area contributed by atoms with Gasteiger partial charge in [-0.05, 0) is 101 Å². The van der Waals surface area contributed by atoms with Gasteiger partial charge in [0.25, 0.3) is 0 Å². The van der Waals surface area contributed by atoms with Gasteiger partial charge in [0, 0.05) is 25.8 Å². The van der Waals surface area contributed by atoms with E-state index in [1.54, 1.807) is 30.3 Å². The van der Waals surface area contributed by atoms with Crippen LogP contribution in [-0.2, 0) is 54.2 Å². The number of phosphoric acid groups is 1. The third-order valence-electron chi connectivity index (χ3n) is 13.6. The van der Waals surface area contributed by atoms with Crippen LogP contribution in [0.4, 0.5) is 0 Å². The summed E-state index contributed by atoms with van der Waals surface area (Å²) in [6.07, 6.45) is 0.827. The quantitative estimate of drug-likeness (QED) is 0.0188. The van der Waals surface area contributed by atoms with Gasteiger partial charge in [-0.15, -0.1) is 0 Å². The molecule has 0 aliphatic heterocycles. The molecule has 8 N–H and O–H groups in total. The monoisotopic (exact) mass is 1110 g/mol. The zero-order valence-electron chi connectivity index (χ0n) is 43.8. The number of nitrogens with one attached hydrogen (secondary N) is 5. The number of amides is 4. The molecule has 0 heterocycles. The smallest absolute Gasteiger partial charge is 0.480 e. The summed E-state index contributed by atoms with van der Waals surface area (Å²) in [5, 5.41) is 31.1. The van der Waals surface area contributed by atoms with E-state index in [-0.39, 0.29) is 37.9 Å². The van der Waals surface area contributed by atoms with Crippen molar-refractivity contribution in [2.24, 2.45) is 0 Å². The molecule has 410 valence electrons. The number of aliphatic carboxylic acids is 1. The van der Waals surface area contributed by atoms with Crippen molar-refractivity contribution in [2.75, 3.05) is 6.54 Å². The first-order valence-corrected chi connectivity index (χ1v) is 29.7. The second-order valence-electron chi connectivity index (χ2n) is 19.4. The molecule has 0 radical (unpaired) electrons. The number of benzene rings is 8. The van der Waals surface area contributed by atoms with Crippen molar-refractivity contribution in [1.82, 2.24) is 26.4 Å². The summed E-state index contributed by atoms with van der Waals surface area (Å²) in [7, 11) is -7.29. The van der Waals surface area contributed by atoms with Crippen molar-refractivity contribution in [2.45, 2.75) is 69.1 Å². The van der Waals surface area contributed by atoms with Crippen LogP contribution < -0.4 is 46.8 Å². The number of hydrogen-bond acceptors (Lipinski definition) is 8. The van der Waals surface area contributed by atoms with E-state index in [0.717, 1.165) is 37.8 Å². The fourth-order valence-corrected chi connectivity index (χ4v) is 13.8. The average molecular weight is 1110 g/mol. The number of rotatable bonds is 27. The number of fused-ring (bicyclic) bond motifs is 1. The molecule has 0 aliphatic rings. The molecule has 8 aromatic rings. The Bertz CT molecular complexity index is 3280. The van der Waals surface area contributed by atoms with E-state index >= 15 is 0 Å². The first-order valence-electron chi connectivity index (χ1n) is 26.4. The van der Waals surface area contributed by atoms with Gasteiger partial charge in [0.1, 0.15) is 45.8 Å². The number of carbonyl (C=O) groups is 5. The van der Waals surface area contributed by atoms with Crippen molar-refractivity contribution < 1.29 is 48.0 Å². The van der Waals surface area contributed by atoms with Crippen LogP contribution in [0, 0.1) is 0 Å². The Kier molecular flexibility index (Phi) is 20.3. The van der Waals surface area contributed by atoms with E-state index in [1.165, 1.54) is 24.3 Å². The van der Waals surface area contributed by atoms with Crippen LogP contribution in [0.3, 0.4) is 0 Å². The molecule has 15 nitrogen and oxygen atoms in total. The molecule has 8 aromatic carbocycles. The van der Waals surface area contributed by atoms with Gasteiger partial charge < -0.3 is 30.9 Å². The minimum Gasteiger partial charge on any atom is -0.480 e. The van der Waals surface area contributed by atoms with Gasteiger partial charge in [-0.3, -0.25) is 29.0 Å². The summed E-state index contributed by atoms with van der Waals surface area (Å²) in [5.74, 6) is -4.10. The molecular formula is C63H64N5O10P2+. The summed E-state index contributed by atoms with van der Waals surface area (Å²) >= 11 is 0. The van der Waals surface area contributed by atoms with Crippen molar-refractivity contribution >= 4 is 71.5 Å². The molecule has 0 spiro atoms. The Balaban J connectivity index is 1.01. The van der Waals surface area contributed by atoms with Crippen molar-refractivity contribution in [3.05, 3.63) is 241 Å². The van der Waals surface area contributed by atoms with E-state index in [1.807, 2.05) is 127 Å². The van der Waals surface area contributed by atoms with Crippen LogP contribution in [-0.4, -0.2) is 75.2 Å². The molecule has 8 rings (SSSR count). The summed E-state index contributed by atoms with van der Waals surface area (Å²) in [5.41, 5.74) is 2.59. The summed E-state index contributed by atoms with van der Waals surface area (Å²) in [6, 6.07) is 62.6. The van der Waals surface area contributed by atoms with Crippen molar-refractivity contribution in [3.8, 4) is 5.75 Å². The molecule has 0 aliphatic carbocycles. The molecule has 17 heteroatoms. The summed E-state index contributed by atoms with van der Waals surface area (Å²) < 4.78 is 16.3. The minimum absolute atomic E-state index is 0.0204. The number of phosphoric ester groups is 1. The Morgan fingerprint density at radius 1 is 0.450 bits per heavy atom. The van der Waals surface area contributed by atoms with Gasteiger partial charge in [0.05, 0.1) is 6.42 Å². The van der Waals surface area contributed by atoms with Gasteiger partial charge in [0.2, 0.25) is 23.6 Å². The zero-order valence-corrected chi connectivity index (χ0v) is 45.6. The fraction of sp³-hybridized carbons (Fsp3) is 0.190. The Morgan fingerprint density at radius 3 is 1.31 bits per heavy atom. The average Bonchev–Trinajstić information content (AvgIpc) is 3.59. The Hall–Kier alpha value is -8.29. The van der Waals surface area contributed by atoms with Crippen LogP contribution >= 0.6 is 15.2 Å². The number of carboxylic acids is 1. The van der Waals surface area contributed by atoms with Gasteiger partial charge >= 0.3 is 13.8 Å². The fourth-order valence-electron chi connectivity index (χ4n) is 9.64. The molecule has 4 atom stereocenters. The molecule has 0 fully saturated rings. The van der Waals surface area contributed by atoms with Gasteiger partial charge in [-0.2, -0.15) is 5.09 Å². The first-order chi connectivity index (χ1) is 38.7. The number of carbonyl (C=O) groups excluding carboxylic acids is 4. The maximum absolute atomic E-state index is 14.8. The largest absolute Gasteiger partial charge is 0.524 e. The van der Waals surface area contributed by atoms with Crippen LogP contribution in [0.15, 0.2) is 218 Å². The third-order valence-corrected chi connectivity index (χ3v) is 17.9. The molecule has 4 amide bonds. The lowest BCUT2D eigenvalue weighted by molar-refractivity contribution is -0.142. The zero-order chi connectivity index (χ0) is 56.3. The highest BCUT2D eigenvalue weighted by Crippen LogP contribution is 2.51. The summed E-state index contributed by atoms with van der Waals surface area (Å²) in [6.45, 7) is 0.516. The SMILES string of the molecule is O=C(Cc1ccc2ccccc2c1)N[C@H](Cc1ccccc1)C(=O)N[C@H](Cc1ccccc1)C(=O)N[C@H](Cc1ccc(OP(=O)(O)O)cc1)C(=O)N[C@H](CCCCN[P+](c1ccccc1)(c1ccccc1)c1ccccc1)C(=O)O. The number of hydrogen-bond donors (Lipinski definition) is 8. The Morgan fingerprint density at radius 2 is 0.850 bits per heavy atom. The highest BCUT2D eigenvalue weighted by molar-refractivity contribution is 7.94. The lowest BCUT2D eigenvalue weighted by Gasteiger charge is -2.28. The van der Waals surface area contributed by atoms with Gasteiger partial charge in [-0.1, -0.05) is 170 Å². The van der Waals surface area contributed by atoms with E-state index in [4.69, 9.17) is 4.52 Å². The van der Waals surface area contributed by atoms with Crippen LogP contribution in [0.5, 0.6) is 5.75 Å². The summed E-state index contributed by atoms with van der Waals surface area (Å²) in [4.78, 5) is 89.4. The minimum atomic E-state index is -4.90. The maximum Gasteiger partial charge on any atom is 0.524 e. The predicted octanol–water partition coefficient (Wildman–Crippen LogP) is 7.27. The van der Waals surface area contributed by atoms with Crippen molar-refractivity contribution in [1.29, 1.82) is 0 Å².